The van der Waals surface area contributed by atoms with Crippen LogP contribution in [0.25, 0.3) is 0 Å². The highest BCUT2D eigenvalue weighted by atomic mass is 35.5. The lowest BCUT2D eigenvalue weighted by atomic mass is 10.1. The predicted molar refractivity (Wildman–Crippen MR) is 97.1 cm³/mol. The number of amides is 1. The predicted octanol–water partition coefficient (Wildman–Crippen LogP) is 2.48. The molecule has 2 aromatic carbocycles. The molecule has 0 fully saturated rings. The first-order valence-electron chi connectivity index (χ1n) is 8.18. The van der Waals surface area contributed by atoms with E-state index < -0.39 is 11.9 Å². The molecule has 0 saturated carbocycles. The molecule has 8 heteroatoms. The first-order chi connectivity index (χ1) is 13.0. The quantitative estimate of drug-likeness (QED) is 0.730. The van der Waals surface area contributed by atoms with E-state index in [-0.39, 0.29) is 26.4 Å². The Morgan fingerprint density at radius 3 is 2.78 bits per heavy atom. The second-order valence-corrected chi connectivity index (χ2v) is 6.19. The molecule has 27 heavy (non-hydrogen) atoms. The van der Waals surface area contributed by atoms with Gasteiger partial charge in [0.1, 0.15) is 5.75 Å². The lowest BCUT2D eigenvalue weighted by molar-refractivity contribution is -0.147. The van der Waals surface area contributed by atoms with Crippen LogP contribution in [0.1, 0.15) is 11.1 Å². The fourth-order valence-corrected chi connectivity index (χ4v) is 2.74. The van der Waals surface area contributed by atoms with Gasteiger partial charge in [-0.2, -0.15) is 0 Å². The number of carbonyl (C=O) groups excluding carboxylic acids is 2. The molecule has 3 rings (SSSR count). The summed E-state index contributed by atoms with van der Waals surface area (Å²) < 4.78 is 20.7. The third-order valence-electron chi connectivity index (χ3n) is 3.87. The van der Waals surface area contributed by atoms with E-state index in [1.807, 2.05) is 6.07 Å². The van der Waals surface area contributed by atoms with Gasteiger partial charge in [0.2, 0.25) is 6.79 Å². The van der Waals surface area contributed by atoms with Crippen molar-refractivity contribution in [1.29, 1.82) is 0 Å². The van der Waals surface area contributed by atoms with Crippen LogP contribution in [0.5, 0.6) is 17.2 Å². The number of methoxy groups -OCH3 is 1. The second-order valence-electron chi connectivity index (χ2n) is 5.76. The normalized spacial score (nSPS) is 11.8. The Morgan fingerprint density at radius 1 is 1.15 bits per heavy atom. The molecule has 7 nitrogen and oxygen atoms in total. The van der Waals surface area contributed by atoms with Gasteiger partial charge in [0.15, 0.2) is 18.1 Å². The first-order valence-corrected chi connectivity index (χ1v) is 8.56. The Morgan fingerprint density at radius 2 is 1.96 bits per heavy atom. The van der Waals surface area contributed by atoms with Gasteiger partial charge >= 0.3 is 5.97 Å². The second kappa shape index (κ2) is 8.64. The van der Waals surface area contributed by atoms with E-state index in [1.54, 1.807) is 30.3 Å². The van der Waals surface area contributed by atoms with Gasteiger partial charge < -0.3 is 24.3 Å². The zero-order chi connectivity index (χ0) is 19.2. The summed E-state index contributed by atoms with van der Waals surface area (Å²) in [4.78, 5) is 23.9. The van der Waals surface area contributed by atoms with Gasteiger partial charge in [0, 0.05) is 17.1 Å². The molecule has 1 N–H and O–H groups in total. The van der Waals surface area contributed by atoms with E-state index in [4.69, 9.17) is 30.5 Å². The average Bonchev–Trinajstić information content (AvgIpc) is 3.12. The summed E-state index contributed by atoms with van der Waals surface area (Å²) in [6.45, 7) is 0.111. The van der Waals surface area contributed by atoms with Crippen molar-refractivity contribution < 1.29 is 28.5 Å². The molecule has 1 heterocycles. The Labute approximate surface area is 161 Å². The monoisotopic (exact) mass is 391 g/mol. The van der Waals surface area contributed by atoms with Crippen molar-refractivity contribution in [3.05, 3.63) is 52.5 Å². The van der Waals surface area contributed by atoms with Gasteiger partial charge in [-0.3, -0.25) is 9.59 Å². The van der Waals surface area contributed by atoms with Crippen molar-refractivity contribution in [3.63, 3.8) is 0 Å². The number of ether oxygens (including phenoxy) is 4. The highest BCUT2D eigenvalue weighted by Gasteiger charge is 2.15. The topological polar surface area (TPSA) is 83.1 Å². The van der Waals surface area contributed by atoms with Gasteiger partial charge in [-0.15, -0.1) is 0 Å². The molecule has 0 unspecified atom stereocenters. The molecule has 0 spiro atoms. The van der Waals surface area contributed by atoms with E-state index in [2.05, 4.69) is 5.32 Å². The minimum Gasteiger partial charge on any atom is -0.496 e. The fraction of sp³-hybridized carbons (Fsp3) is 0.263. The Balaban J connectivity index is 1.45. The summed E-state index contributed by atoms with van der Waals surface area (Å²) in [6, 6.07) is 10.4. The molecule has 1 aliphatic heterocycles. The van der Waals surface area contributed by atoms with Crippen molar-refractivity contribution in [3.8, 4) is 17.2 Å². The summed E-state index contributed by atoms with van der Waals surface area (Å²) in [6.07, 6.45) is -0.0425. The molecule has 0 saturated heterocycles. The number of esters is 1. The minimum absolute atomic E-state index is 0.0425. The van der Waals surface area contributed by atoms with Crippen LogP contribution in [0.2, 0.25) is 5.02 Å². The van der Waals surface area contributed by atoms with Gasteiger partial charge in [-0.05, 0) is 35.9 Å². The fourth-order valence-electron chi connectivity index (χ4n) is 2.54. The van der Waals surface area contributed by atoms with Crippen molar-refractivity contribution in [2.24, 2.45) is 0 Å². The number of rotatable bonds is 7. The maximum Gasteiger partial charge on any atom is 0.310 e. The van der Waals surface area contributed by atoms with Crippen molar-refractivity contribution in [2.45, 2.75) is 13.0 Å². The number of benzene rings is 2. The smallest absolute Gasteiger partial charge is 0.310 e. The van der Waals surface area contributed by atoms with Crippen LogP contribution in [0.4, 0.5) is 0 Å². The molecule has 1 amide bonds. The van der Waals surface area contributed by atoms with E-state index >= 15 is 0 Å². The zero-order valence-electron chi connectivity index (χ0n) is 14.6. The molecule has 2 aromatic rings. The highest BCUT2D eigenvalue weighted by Crippen LogP contribution is 2.32. The van der Waals surface area contributed by atoms with Crippen molar-refractivity contribution in [2.75, 3.05) is 20.5 Å². The third kappa shape index (κ3) is 5.04. The van der Waals surface area contributed by atoms with E-state index in [9.17, 15) is 9.59 Å². The largest absolute Gasteiger partial charge is 0.496 e. The van der Waals surface area contributed by atoms with Crippen LogP contribution < -0.4 is 19.5 Å². The third-order valence-corrected chi connectivity index (χ3v) is 4.10. The van der Waals surface area contributed by atoms with Crippen molar-refractivity contribution >= 4 is 23.5 Å². The number of fused-ring (bicyclic) bond motifs is 1. The molecular weight excluding hydrogens is 374 g/mol. The number of halogens is 1. The first kappa shape index (κ1) is 18.8. The van der Waals surface area contributed by atoms with Crippen LogP contribution in [-0.4, -0.2) is 32.4 Å². The Hall–Kier alpha value is -2.93. The molecule has 0 atom stereocenters. The van der Waals surface area contributed by atoms with Gasteiger partial charge in [-0.25, -0.2) is 0 Å². The van der Waals surface area contributed by atoms with Crippen LogP contribution in [0, 0.1) is 0 Å². The molecular formula is C19H18ClNO6. The van der Waals surface area contributed by atoms with Crippen LogP contribution >= 0.6 is 11.6 Å². The molecule has 142 valence electrons. The Kier molecular flexibility index (Phi) is 6.03. The lowest BCUT2D eigenvalue weighted by Crippen LogP contribution is -2.28. The van der Waals surface area contributed by atoms with Crippen LogP contribution in [0.3, 0.4) is 0 Å². The van der Waals surface area contributed by atoms with Gasteiger partial charge in [-0.1, -0.05) is 17.7 Å². The standard InChI is InChI=1S/C19H18ClNO6/c1-24-15-5-3-14(20)7-13(15)8-19(23)25-10-18(22)21-9-12-2-4-16-17(6-12)27-11-26-16/h2-7H,8-11H2,1H3,(H,21,22). The average molecular weight is 392 g/mol. The van der Waals surface area contributed by atoms with Gasteiger partial charge in [0.05, 0.1) is 13.5 Å². The number of hydrogen-bond acceptors (Lipinski definition) is 6. The molecule has 0 radical (unpaired) electrons. The summed E-state index contributed by atoms with van der Waals surface area (Å²) in [7, 11) is 1.50. The molecule has 1 aliphatic rings. The lowest BCUT2D eigenvalue weighted by Gasteiger charge is -2.10. The maximum atomic E-state index is 12.0. The maximum absolute atomic E-state index is 12.0. The van der Waals surface area contributed by atoms with Crippen LogP contribution in [-0.2, 0) is 27.3 Å². The SMILES string of the molecule is COc1ccc(Cl)cc1CC(=O)OCC(=O)NCc1ccc2c(c1)OCO2. The zero-order valence-corrected chi connectivity index (χ0v) is 15.4. The molecule has 0 aliphatic carbocycles. The number of nitrogens with one attached hydrogen (secondary N) is 1. The molecule has 0 bridgehead atoms. The van der Waals surface area contributed by atoms with E-state index in [1.165, 1.54) is 7.11 Å². The van der Waals surface area contributed by atoms with Crippen LogP contribution in [0.15, 0.2) is 36.4 Å². The molecule has 0 aromatic heterocycles. The van der Waals surface area contributed by atoms with Gasteiger partial charge in [0.25, 0.3) is 5.91 Å². The van der Waals surface area contributed by atoms with E-state index in [0.717, 1.165) is 5.56 Å². The number of carbonyl (C=O) groups is 2. The van der Waals surface area contributed by atoms with E-state index in [0.29, 0.717) is 27.8 Å². The summed E-state index contributed by atoms with van der Waals surface area (Å²) >= 11 is 5.93. The highest BCUT2D eigenvalue weighted by molar-refractivity contribution is 6.30. The van der Waals surface area contributed by atoms with Crippen molar-refractivity contribution in [1.82, 2.24) is 5.32 Å². The number of hydrogen-bond donors (Lipinski definition) is 1. The minimum atomic E-state index is -0.547. The Bertz CT molecular complexity index is 854. The summed E-state index contributed by atoms with van der Waals surface area (Å²) in [5.41, 5.74) is 1.44. The summed E-state index contributed by atoms with van der Waals surface area (Å²) in [5, 5.41) is 3.17. The summed E-state index contributed by atoms with van der Waals surface area (Å²) in [5.74, 6) is 0.899.